The average Bonchev–Trinajstić information content (AvgIpc) is 3.23. The number of thiophene rings is 1. The molecule has 1 aromatic heterocycles. The molecule has 1 aromatic carbocycles. The summed E-state index contributed by atoms with van der Waals surface area (Å²) in [5.41, 5.74) is 0.909. The van der Waals surface area contributed by atoms with Gasteiger partial charge in [0.25, 0.3) is 10.0 Å². The number of hydrogen-bond acceptors (Lipinski definition) is 5. The number of carbonyl (C=O) groups is 1. The van der Waals surface area contributed by atoms with E-state index in [4.69, 9.17) is 4.74 Å². The zero-order valence-electron chi connectivity index (χ0n) is 15.3. The number of piperidine rings is 1. The predicted molar refractivity (Wildman–Crippen MR) is 105 cm³/mol. The molecule has 0 unspecified atom stereocenters. The number of benzene rings is 1. The summed E-state index contributed by atoms with van der Waals surface area (Å²) in [6, 6.07) is 10.9. The van der Waals surface area contributed by atoms with E-state index in [2.05, 4.69) is 5.32 Å². The molecule has 1 aliphatic rings. The molecule has 0 radical (unpaired) electrons. The molecule has 8 heteroatoms. The first-order chi connectivity index (χ1) is 13.0. The van der Waals surface area contributed by atoms with Crippen LogP contribution in [0.1, 0.15) is 25.3 Å². The van der Waals surface area contributed by atoms with Gasteiger partial charge in [0.2, 0.25) is 5.91 Å². The van der Waals surface area contributed by atoms with Gasteiger partial charge >= 0.3 is 0 Å². The molecule has 2 heterocycles. The highest BCUT2D eigenvalue weighted by molar-refractivity contribution is 7.91. The number of ether oxygens (including phenoxy) is 1. The van der Waals surface area contributed by atoms with Crippen LogP contribution in [-0.2, 0) is 21.4 Å². The summed E-state index contributed by atoms with van der Waals surface area (Å²) in [6.07, 6.45) is 1.37. The molecule has 0 aliphatic carbocycles. The summed E-state index contributed by atoms with van der Waals surface area (Å²) in [4.78, 5) is 12.6. The van der Waals surface area contributed by atoms with Crippen molar-refractivity contribution in [3.63, 3.8) is 0 Å². The number of nitrogens with one attached hydrogen (secondary N) is 1. The molecule has 27 heavy (non-hydrogen) atoms. The second-order valence-corrected chi connectivity index (χ2v) is 9.51. The topological polar surface area (TPSA) is 75.7 Å². The standard InChI is InChI=1S/C19H24N2O4S2/c1-2-25-17-9-4-3-7-15(17)13-20-19(22)16-8-5-11-21(14-16)27(23,24)18-10-6-12-26-18/h3-4,6-7,9-10,12,16H,2,5,8,11,13-14H2,1H3,(H,20,22)/t16-/m1/s1. The molecular weight excluding hydrogens is 384 g/mol. The summed E-state index contributed by atoms with van der Waals surface area (Å²) < 4.78 is 32.7. The van der Waals surface area contributed by atoms with E-state index in [0.29, 0.717) is 36.7 Å². The van der Waals surface area contributed by atoms with Crippen LogP contribution >= 0.6 is 11.3 Å². The zero-order chi connectivity index (χ0) is 19.3. The number of rotatable bonds is 7. The Morgan fingerprint density at radius 3 is 2.85 bits per heavy atom. The van der Waals surface area contributed by atoms with Crippen molar-refractivity contribution in [2.45, 2.75) is 30.5 Å². The molecule has 6 nitrogen and oxygen atoms in total. The Kier molecular flexibility index (Phi) is 6.51. The summed E-state index contributed by atoms with van der Waals surface area (Å²) in [6.45, 7) is 3.52. The van der Waals surface area contributed by atoms with Crippen LogP contribution in [-0.4, -0.2) is 38.3 Å². The number of hydrogen-bond donors (Lipinski definition) is 1. The smallest absolute Gasteiger partial charge is 0.252 e. The summed E-state index contributed by atoms with van der Waals surface area (Å²) in [7, 11) is -3.51. The van der Waals surface area contributed by atoms with Crippen molar-refractivity contribution >= 4 is 27.3 Å². The van der Waals surface area contributed by atoms with Gasteiger partial charge in [-0.1, -0.05) is 24.3 Å². The lowest BCUT2D eigenvalue weighted by atomic mass is 9.98. The van der Waals surface area contributed by atoms with Gasteiger partial charge in [0.05, 0.1) is 12.5 Å². The monoisotopic (exact) mass is 408 g/mol. The second kappa shape index (κ2) is 8.86. The van der Waals surface area contributed by atoms with Crippen LogP contribution in [0.4, 0.5) is 0 Å². The fourth-order valence-corrected chi connectivity index (χ4v) is 5.85. The summed E-state index contributed by atoms with van der Waals surface area (Å²) in [5.74, 6) is 0.297. The van der Waals surface area contributed by atoms with Crippen molar-refractivity contribution in [2.24, 2.45) is 5.92 Å². The van der Waals surface area contributed by atoms with E-state index < -0.39 is 10.0 Å². The molecule has 0 bridgehead atoms. The largest absolute Gasteiger partial charge is 0.494 e. The maximum atomic E-state index is 12.7. The highest BCUT2D eigenvalue weighted by Crippen LogP contribution is 2.26. The number of amides is 1. The van der Waals surface area contributed by atoms with Crippen molar-refractivity contribution < 1.29 is 17.9 Å². The fourth-order valence-electron chi connectivity index (χ4n) is 3.19. The number of carbonyl (C=O) groups excluding carboxylic acids is 1. The van der Waals surface area contributed by atoms with Gasteiger partial charge in [-0.3, -0.25) is 4.79 Å². The molecule has 1 fully saturated rings. The normalized spacial score (nSPS) is 18.2. The first-order valence-corrected chi connectivity index (χ1v) is 11.4. The molecular formula is C19H24N2O4S2. The Balaban J connectivity index is 1.62. The minimum absolute atomic E-state index is 0.118. The van der Waals surface area contributed by atoms with Crippen LogP contribution in [0.25, 0.3) is 0 Å². The molecule has 2 aromatic rings. The minimum Gasteiger partial charge on any atom is -0.494 e. The SMILES string of the molecule is CCOc1ccccc1CNC(=O)[C@@H]1CCCN(S(=O)(=O)c2cccs2)C1. The molecule has 1 amide bonds. The van der Waals surface area contributed by atoms with Crippen molar-refractivity contribution in [3.8, 4) is 5.75 Å². The van der Waals surface area contributed by atoms with Gasteiger partial charge in [-0.05, 0) is 37.3 Å². The van der Waals surface area contributed by atoms with E-state index >= 15 is 0 Å². The summed E-state index contributed by atoms with van der Waals surface area (Å²) >= 11 is 1.20. The van der Waals surface area contributed by atoms with Gasteiger partial charge in [-0.2, -0.15) is 4.31 Å². The third kappa shape index (κ3) is 4.69. The third-order valence-corrected chi connectivity index (χ3v) is 7.81. The van der Waals surface area contributed by atoms with Crippen molar-refractivity contribution in [1.29, 1.82) is 0 Å². The molecule has 1 N–H and O–H groups in total. The van der Waals surface area contributed by atoms with Gasteiger partial charge in [0, 0.05) is 25.2 Å². The van der Waals surface area contributed by atoms with E-state index in [1.54, 1.807) is 17.5 Å². The Bertz CT molecular complexity index is 866. The number of para-hydroxylation sites is 1. The van der Waals surface area contributed by atoms with Gasteiger partial charge in [0.15, 0.2) is 0 Å². The highest BCUT2D eigenvalue weighted by Gasteiger charge is 2.33. The van der Waals surface area contributed by atoms with Crippen LogP contribution in [0.2, 0.25) is 0 Å². The van der Waals surface area contributed by atoms with Crippen molar-refractivity contribution in [1.82, 2.24) is 9.62 Å². The minimum atomic E-state index is -3.51. The van der Waals surface area contributed by atoms with E-state index in [-0.39, 0.29) is 18.4 Å². The lowest BCUT2D eigenvalue weighted by Gasteiger charge is -2.30. The lowest BCUT2D eigenvalue weighted by Crippen LogP contribution is -2.45. The number of sulfonamides is 1. The van der Waals surface area contributed by atoms with Crippen LogP contribution in [0.3, 0.4) is 0 Å². The number of nitrogens with zero attached hydrogens (tertiary/aromatic N) is 1. The molecule has 0 saturated carbocycles. The predicted octanol–water partition coefficient (Wildman–Crippen LogP) is 2.86. The van der Waals surface area contributed by atoms with Crippen LogP contribution in [0.5, 0.6) is 5.75 Å². The average molecular weight is 409 g/mol. The van der Waals surface area contributed by atoms with Crippen molar-refractivity contribution in [2.75, 3.05) is 19.7 Å². The van der Waals surface area contributed by atoms with Gasteiger partial charge in [-0.15, -0.1) is 11.3 Å². The maximum Gasteiger partial charge on any atom is 0.252 e. The maximum absolute atomic E-state index is 12.7. The van der Waals surface area contributed by atoms with Crippen LogP contribution in [0, 0.1) is 5.92 Å². The Morgan fingerprint density at radius 1 is 1.30 bits per heavy atom. The van der Waals surface area contributed by atoms with Crippen LogP contribution < -0.4 is 10.1 Å². The Morgan fingerprint density at radius 2 is 2.11 bits per heavy atom. The quantitative estimate of drug-likeness (QED) is 0.764. The Labute approximate surface area is 164 Å². The van der Waals surface area contributed by atoms with E-state index in [0.717, 1.165) is 11.3 Å². The first-order valence-electron chi connectivity index (χ1n) is 9.04. The fraction of sp³-hybridized carbons (Fsp3) is 0.421. The van der Waals surface area contributed by atoms with E-state index in [9.17, 15) is 13.2 Å². The zero-order valence-corrected chi connectivity index (χ0v) is 16.9. The van der Waals surface area contributed by atoms with E-state index in [1.807, 2.05) is 31.2 Å². The molecule has 1 atom stereocenters. The highest BCUT2D eigenvalue weighted by atomic mass is 32.2. The molecule has 0 spiro atoms. The van der Waals surface area contributed by atoms with Crippen molar-refractivity contribution in [3.05, 3.63) is 47.3 Å². The first kappa shape index (κ1) is 19.9. The third-order valence-electron chi connectivity index (χ3n) is 4.57. The molecule has 3 rings (SSSR count). The van der Waals surface area contributed by atoms with E-state index in [1.165, 1.54) is 15.6 Å². The molecule has 1 aliphatic heterocycles. The second-order valence-electron chi connectivity index (χ2n) is 6.39. The van der Waals surface area contributed by atoms with Gasteiger partial charge in [0.1, 0.15) is 9.96 Å². The summed E-state index contributed by atoms with van der Waals surface area (Å²) in [5, 5.41) is 4.68. The molecule has 146 valence electrons. The van der Waals surface area contributed by atoms with Gasteiger partial charge in [-0.25, -0.2) is 8.42 Å². The van der Waals surface area contributed by atoms with Gasteiger partial charge < -0.3 is 10.1 Å². The molecule has 1 saturated heterocycles. The Hall–Kier alpha value is -1.90. The van der Waals surface area contributed by atoms with Crippen LogP contribution in [0.15, 0.2) is 46.0 Å². The lowest BCUT2D eigenvalue weighted by molar-refractivity contribution is -0.126.